The molecule has 0 atom stereocenters. The van der Waals surface area contributed by atoms with Gasteiger partial charge in [-0.3, -0.25) is 4.57 Å². The Morgan fingerprint density at radius 3 is 2.39 bits per heavy atom. The van der Waals surface area contributed by atoms with Gasteiger partial charge < -0.3 is 4.42 Å². The normalized spacial score (nSPS) is 11.2. The van der Waals surface area contributed by atoms with Crippen LogP contribution in [0.4, 0.5) is 4.39 Å². The quantitative estimate of drug-likeness (QED) is 0.404. The summed E-state index contributed by atoms with van der Waals surface area (Å²) >= 11 is 0. The third-order valence-electron chi connectivity index (χ3n) is 4.67. The average molecular weight is 369 g/mol. The molecule has 0 saturated carbocycles. The molecule has 0 saturated heterocycles. The van der Waals surface area contributed by atoms with E-state index in [4.69, 9.17) is 4.42 Å². The van der Waals surface area contributed by atoms with Gasteiger partial charge in [0.2, 0.25) is 5.89 Å². The van der Waals surface area contributed by atoms with Gasteiger partial charge in [0.1, 0.15) is 22.9 Å². The van der Waals surface area contributed by atoms with E-state index in [1.807, 2.05) is 60.0 Å². The van der Waals surface area contributed by atoms with Gasteiger partial charge in [0.05, 0.1) is 6.20 Å². The summed E-state index contributed by atoms with van der Waals surface area (Å²) in [5.74, 6) is 0.921. The third-order valence-corrected chi connectivity index (χ3v) is 4.67. The second kappa shape index (κ2) is 6.46. The molecule has 0 unspecified atom stereocenters. The number of oxazole rings is 1. The molecule has 2 aromatic heterocycles. The highest BCUT2D eigenvalue weighted by molar-refractivity contribution is 5.76. The van der Waals surface area contributed by atoms with Crippen molar-refractivity contribution < 1.29 is 8.81 Å². The maximum atomic E-state index is 13.5. The average Bonchev–Trinajstić information content (AvgIpc) is 3.33. The minimum Gasteiger partial charge on any atom is -0.435 e. The number of hydrogen-bond donors (Lipinski definition) is 0. The van der Waals surface area contributed by atoms with Crippen molar-refractivity contribution in [3.8, 4) is 28.7 Å². The van der Waals surface area contributed by atoms with Crippen LogP contribution < -0.4 is 0 Å². The molecule has 5 rings (SSSR count). The summed E-state index contributed by atoms with van der Waals surface area (Å²) < 4.78 is 21.4. The van der Waals surface area contributed by atoms with Gasteiger partial charge in [-0.25, -0.2) is 14.4 Å². The maximum absolute atomic E-state index is 13.5. The Morgan fingerprint density at radius 2 is 1.64 bits per heavy atom. The van der Waals surface area contributed by atoms with Crippen molar-refractivity contribution in [1.29, 1.82) is 0 Å². The van der Waals surface area contributed by atoms with Crippen LogP contribution in [0.25, 0.3) is 39.8 Å². The van der Waals surface area contributed by atoms with E-state index in [1.54, 1.807) is 18.3 Å². The number of halogens is 1. The number of rotatable bonds is 3. The molecular weight excluding hydrogens is 353 g/mol. The summed E-state index contributed by atoms with van der Waals surface area (Å²) in [5.41, 5.74) is 5.10. The minimum atomic E-state index is -0.288. The number of aryl methyl sites for hydroxylation is 1. The summed E-state index contributed by atoms with van der Waals surface area (Å²) in [5, 5.41) is 0. The van der Waals surface area contributed by atoms with Crippen LogP contribution in [0.2, 0.25) is 0 Å². The Labute approximate surface area is 160 Å². The second-order valence-corrected chi connectivity index (χ2v) is 6.63. The van der Waals surface area contributed by atoms with E-state index in [2.05, 4.69) is 9.97 Å². The first-order valence-corrected chi connectivity index (χ1v) is 8.96. The molecule has 3 aromatic carbocycles. The van der Waals surface area contributed by atoms with Gasteiger partial charge in [-0.2, -0.15) is 0 Å². The Hall–Kier alpha value is -3.73. The molecular formula is C23H16FN3O. The van der Waals surface area contributed by atoms with Gasteiger partial charge in [0.25, 0.3) is 0 Å². The fraction of sp³-hybridized carbons (Fsp3) is 0.0435. The molecule has 0 bridgehead atoms. The zero-order valence-corrected chi connectivity index (χ0v) is 15.1. The van der Waals surface area contributed by atoms with Gasteiger partial charge in [0.15, 0.2) is 5.58 Å². The van der Waals surface area contributed by atoms with Gasteiger partial charge in [0, 0.05) is 11.3 Å². The van der Waals surface area contributed by atoms with Crippen molar-refractivity contribution >= 4 is 11.1 Å². The van der Waals surface area contributed by atoms with Gasteiger partial charge in [-0.05, 0) is 43.3 Å². The van der Waals surface area contributed by atoms with E-state index in [0.29, 0.717) is 17.2 Å². The van der Waals surface area contributed by atoms with Crippen LogP contribution >= 0.6 is 0 Å². The Kier molecular flexibility index (Phi) is 3.79. The zero-order valence-electron chi connectivity index (χ0n) is 15.1. The Bertz CT molecular complexity index is 1230. The van der Waals surface area contributed by atoms with E-state index >= 15 is 0 Å². The van der Waals surface area contributed by atoms with Gasteiger partial charge in [-0.1, -0.05) is 42.0 Å². The molecule has 4 nitrogen and oxygen atoms in total. The Balaban J connectivity index is 1.75. The standard InChI is InChI=1S/C23H16FN3O/c1-15-6-8-16(9-7-15)22-25-14-20(27(22)18-12-10-17(24)11-13-18)23-26-19-4-2-3-5-21(19)28-23/h2-14H,1H3. The second-order valence-electron chi connectivity index (χ2n) is 6.63. The number of imidazole rings is 1. The van der Waals surface area contributed by atoms with E-state index < -0.39 is 0 Å². The predicted molar refractivity (Wildman–Crippen MR) is 107 cm³/mol. The molecule has 0 spiro atoms. The maximum Gasteiger partial charge on any atom is 0.246 e. The third kappa shape index (κ3) is 2.77. The fourth-order valence-electron chi connectivity index (χ4n) is 3.24. The first kappa shape index (κ1) is 16.4. The molecule has 136 valence electrons. The molecule has 5 heteroatoms. The van der Waals surface area contributed by atoms with Crippen LogP contribution in [-0.4, -0.2) is 14.5 Å². The molecule has 0 aliphatic rings. The highest BCUT2D eigenvalue weighted by atomic mass is 19.1. The first-order chi connectivity index (χ1) is 13.7. The van der Waals surface area contributed by atoms with Crippen LogP contribution in [0.15, 0.2) is 83.4 Å². The molecule has 0 aliphatic heterocycles. The lowest BCUT2D eigenvalue weighted by atomic mass is 10.1. The van der Waals surface area contributed by atoms with Crippen LogP contribution in [0, 0.1) is 12.7 Å². The van der Waals surface area contributed by atoms with Crippen LogP contribution in [0.1, 0.15) is 5.56 Å². The number of nitrogens with zero attached hydrogens (tertiary/aromatic N) is 3. The summed E-state index contributed by atoms with van der Waals surface area (Å²) in [4.78, 5) is 9.24. The van der Waals surface area contributed by atoms with Crippen LogP contribution in [-0.2, 0) is 0 Å². The molecule has 5 aromatic rings. The predicted octanol–water partition coefficient (Wildman–Crippen LogP) is 5.80. The summed E-state index contributed by atoms with van der Waals surface area (Å²) in [7, 11) is 0. The fourth-order valence-corrected chi connectivity index (χ4v) is 3.24. The topological polar surface area (TPSA) is 43.9 Å². The van der Waals surface area contributed by atoms with Crippen molar-refractivity contribution in [2.75, 3.05) is 0 Å². The van der Waals surface area contributed by atoms with E-state index in [1.165, 1.54) is 17.7 Å². The number of benzene rings is 3. The van der Waals surface area contributed by atoms with Gasteiger partial charge >= 0.3 is 0 Å². The molecule has 28 heavy (non-hydrogen) atoms. The molecule has 0 N–H and O–H groups in total. The van der Waals surface area contributed by atoms with E-state index in [9.17, 15) is 4.39 Å². The minimum absolute atomic E-state index is 0.288. The lowest BCUT2D eigenvalue weighted by Gasteiger charge is -2.11. The number of fused-ring (bicyclic) bond motifs is 1. The highest BCUT2D eigenvalue weighted by Gasteiger charge is 2.19. The van der Waals surface area contributed by atoms with E-state index in [0.717, 1.165) is 22.6 Å². The van der Waals surface area contributed by atoms with Crippen molar-refractivity contribution in [3.05, 3.63) is 90.4 Å². The zero-order chi connectivity index (χ0) is 19.1. The first-order valence-electron chi connectivity index (χ1n) is 8.96. The number of para-hydroxylation sites is 2. The largest absolute Gasteiger partial charge is 0.435 e. The molecule has 0 fully saturated rings. The smallest absolute Gasteiger partial charge is 0.246 e. The molecule has 0 radical (unpaired) electrons. The number of aromatic nitrogens is 3. The van der Waals surface area contributed by atoms with Crippen molar-refractivity contribution in [2.45, 2.75) is 6.92 Å². The van der Waals surface area contributed by atoms with Gasteiger partial charge in [-0.15, -0.1) is 0 Å². The lowest BCUT2D eigenvalue weighted by Crippen LogP contribution is -2.00. The van der Waals surface area contributed by atoms with Crippen LogP contribution in [0.5, 0.6) is 0 Å². The Morgan fingerprint density at radius 1 is 0.893 bits per heavy atom. The summed E-state index contributed by atoms with van der Waals surface area (Å²) in [6, 6.07) is 22.1. The van der Waals surface area contributed by atoms with Crippen molar-refractivity contribution in [2.24, 2.45) is 0 Å². The summed E-state index contributed by atoms with van der Waals surface area (Å²) in [6.07, 6.45) is 1.74. The SMILES string of the molecule is Cc1ccc(-c2ncc(-c3nc4ccccc4o3)n2-c2ccc(F)cc2)cc1. The molecule has 0 aliphatic carbocycles. The van der Waals surface area contributed by atoms with Crippen LogP contribution in [0.3, 0.4) is 0 Å². The van der Waals surface area contributed by atoms with Crippen molar-refractivity contribution in [1.82, 2.24) is 14.5 Å². The highest BCUT2D eigenvalue weighted by Crippen LogP contribution is 2.31. The lowest BCUT2D eigenvalue weighted by molar-refractivity contribution is 0.614. The van der Waals surface area contributed by atoms with E-state index in [-0.39, 0.29) is 5.82 Å². The number of hydrogen-bond acceptors (Lipinski definition) is 3. The summed E-state index contributed by atoms with van der Waals surface area (Å²) in [6.45, 7) is 2.04. The monoisotopic (exact) mass is 369 g/mol. The molecule has 0 amide bonds. The molecule has 2 heterocycles. The van der Waals surface area contributed by atoms with Crippen molar-refractivity contribution in [3.63, 3.8) is 0 Å².